The van der Waals surface area contributed by atoms with E-state index in [4.69, 9.17) is 0 Å². The fourth-order valence-corrected chi connectivity index (χ4v) is 2.92. The van der Waals surface area contributed by atoms with Gasteiger partial charge < -0.3 is 0 Å². The van der Waals surface area contributed by atoms with Crippen LogP contribution >= 0.6 is 15.9 Å². The van der Waals surface area contributed by atoms with Crippen LogP contribution in [-0.2, 0) is 12.8 Å². The monoisotopic (exact) mass is 280 g/mol. The number of hydrogen-bond acceptors (Lipinski definition) is 0. The lowest BCUT2D eigenvalue weighted by Crippen LogP contribution is -2.02. The molecule has 1 atom stereocenters. The molecule has 0 aromatic heterocycles. The standard InChI is InChI=1S/C15H21Br/c1-2-3-12-4-6-13(7-5-12)8-11-15(16)14-9-10-14/h4-7,14-15H,2-3,8-11H2,1H3. The Kier molecular flexibility index (Phi) is 4.45. The van der Waals surface area contributed by atoms with Crippen LogP contribution in [0.1, 0.15) is 43.7 Å². The summed E-state index contributed by atoms with van der Waals surface area (Å²) in [6.45, 7) is 2.24. The van der Waals surface area contributed by atoms with Gasteiger partial charge in [0.2, 0.25) is 0 Å². The number of aryl methyl sites for hydroxylation is 2. The molecule has 1 aliphatic rings. The van der Waals surface area contributed by atoms with Crippen LogP contribution in [0.25, 0.3) is 0 Å². The second-order valence-corrected chi connectivity index (χ2v) is 6.13. The number of benzene rings is 1. The molecule has 0 N–H and O–H groups in total. The van der Waals surface area contributed by atoms with Crippen LogP contribution in [0.5, 0.6) is 0 Å². The highest BCUT2D eigenvalue weighted by Crippen LogP contribution is 2.38. The molecule has 0 heterocycles. The summed E-state index contributed by atoms with van der Waals surface area (Å²) in [5.41, 5.74) is 2.97. The average Bonchev–Trinajstić information content (AvgIpc) is 3.12. The van der Waals surface area contributed by atoms with Crippen LogP contribution in [-0.4, -0.2) is 4.83 Å². The lowest BCUT2D eigenvalue weighted by atomic mass is 10.0. The van der Waals surface area contributed by atoms with Crippen molar-refractivity contribution in [3.05, 3.63) is 35.4 Å². The van der Waals surface area contributed by atoms with Gasteiger partial charge in [0.05, 0.1) is 0 Å². The molecular weight excluding hydrogens is 260 g/mol. The molecule has 0 radical (unpaired) electrons. The molecule has 1 aromatic rings. The van der Waals surface area contributed by atoms with Crippen LogP contribution in [0.15, 0.2) is 24.3 Å². The summed E-state index contributed by atoms with van der Waals surface area (Å²) in [6.07, 6.45) is 7.83. The zero-order chi connectivity index (χ0) is 11.4. The first-order valence-corrected chi connectivity index (χ1v) is 7.43. The SMILES string of the molecule is CCCc1ccc(CCC(Br)C2CC2)cc1. The first kappa shape index (κ1) is 12.2. The summed E-state index contributed by atoms with van der Waals surface area (Å²) >= 11 is 3.80. The Hall–Kier alpha value is -0.300. The third kappa shape index (κ3) is 3.62. The van der Waals surface area contributed by atoms with Crippen molar-refractivity contribution < 1.29 is 0 Å². The van der Waals surface area contributed by atoms with E-state index in [1.807, 2.05) is 0 Å². The van der Waals surface area contributed by atoms with Gasteiger partial charge in [-0.05, 0) is 49.1 Å². The van der Waals surface area contributed by atoms with Gasteiger partial charge in [0.1, 0.15) is 0 Å². The molecule has 1 heteroatoms. The van der Waals surface area contributed by atoms with Gasteiger partial charge in [-0.15, -0.1) is 0 Å². The van der Waals surface area contributed by atoms with E-state index in [-0.39, 0.29) is 0 Å². The fraction of sp³-hybridized carbons (Fsp3) is 0.600. The van der Waals surface area contributed by atoms with Gasteiger partial charge in [0.25, 0.3) is 0 Å². The van der Waals surface area contributed by atoms with E-state index >= 15 is 0 Å². The lowest BCUT2D eigenvalue weighted by Gasteiger charge is -2.08. The Morgan fingerprint density at radius 3 is 2.19 bits per heavy atom. The Balaban J connectivity index is 1.79. The molecule has 0 saturated heterocycles. The molecule has 16 heavy (non-hydrogen) atoms. The van der Waals surface area contributed by atoms with Crippen molar-refractivity contribution in [1.82, 2.24) is 0 Å². The summed E-state index contributed by atoms with van der Waals surface area (Å²) in [4.78, 5) is 0.753. The van der Waals surface area contributed by atoms with Crippen molar-refractivity contribution in [1.29, 1.82) is 0 Å². The maximum absolute atomic E-state index is 3.80. The van der Waals surface area contributed by atoms with E-state index in [2.05, 4.69) is 47.1 Å². The minimum absolute atomic E-state index is 0.753. The Morgan fingerprint density at radius 2 is 1.69 bits per heavy atom. The van der Waals surface area contributed by atoms with Crippen LogP contribution in [0, 0.1) is 5.92 Å². The van der Waals surface area contributed by atoms with E-state index in [0.29, 0.717) is 0 Å². The van der Waals surface area contributed by atoms with Crippen molar-refractivity contribution >= 4 is 15.9 Å². The molecule has 0 bridgehead atoms. The molecule has 0 amide bonds. The maximum Gasteiger partial charge on any atom is 0.0177 e. The van der Waals surface area contributed by atoms with Gasteiger partial charge in [-0.3, -0.25) is 0 Å². The van der Waals surface area contributed by atoms with Crippen molar-refractivity contribution in [2.24, 2.45) is 5.92 Å². The normalized spacial score (nSPS) is 17.4. The summed E-state index contributed by atoms with van der Waals surface area (Å²) in [6, 6.07) is 9.19. The minimum Gasteiger partial charge on any atom is -0.0888 e. The van der Waals surface area contributed by atoms with Crippen molar-refractivity contribution in [2.75, 3.05) is 0 Å². The molecule has 0 spiro atoms. The minimum atomic E-state index is 0.753. The summed E-state index contributed by atoms with van der Waals surface area (Å²) in [7, 11) is 0. The summed E-state index contributed by atoms with van der Waals surface area (Å²) in [5.74, 6) is 0.972. The van der Waals surface area contributed by atoms with Crippen LogP contribution in [0.2, 0.25) is 0 Å². The Labute approximate surface area is 108 Å². The van der Waals surface area contributed by atoms with E-state index in [1.165, 1.54) is 49.7 Å². The van der Waals surface area contributed by atoms with Crippen molar-refractivity contribution in [3.63, 3.8) is 0 Å². The third-order valence-electron chi connectivity index (χ3n) is 3.40. The second-order valence-electron chi connectivity index (χ2n) is 4.96. The molecule has 0 nitrogen and oxygen atoms in total. The molecule has 88 valence electrons. The largest absolute Gasteiger partial charge is 0.0888 e. The zero-order valence-electron chi connectivity index (χ0n) is 10.1. The molecule has 1 aliphatic carbocycles. The summed E-state index contributed by atoms with van der Waals surface area (Å²) < 4.78 is 0. The van der Waals surface area contributed by atoms with E-state index in [1.54, 1.807) is 0 Å². The molecular formula is C15H21Br. The zero-order valence-corrected chi connectivity index (χ0v) is 11.7. The van der Waals surface area contributed by atoms with Crippen molar-refractivity contribution in [3.8, 4) is 0 Å². The number of alkyl halides is 1. The number of hydrogen-bond donors (Lipinski definition) is 0. The van der Waals surface area contributed by atoms with Crippen LogP contribution in [0.4, 0.5) is 0 Å². The smallest absolute Gasteiger partial charge is 0.0177 e. The van der Waals surface area contributed by atoms with E-state index in [9.17, 15) is 0 Å². The topological polar surface area (TPSA) is 0 Å². The predicted molar refractivity (Wildman–Crippen MR) is 74.2 cm³/mol. The highest BCUT2D eigenvalue weighted by Gasteiger charge is 2.28. The van der Waals surface area contributed by atoms with Crippen molar-refractivity contribution in [2.45, 2.75) is 50.3 Å². The Bertz CT molecular complexity index is 311. The third-order valence-corrected chi connectivity index (χ3v) is 4.61. The highest BCUT2D eigenvalue weighted by atomic mass is 79.9. The summed E-state index contributed by atoms with van der Waals surface area (Å²) in [5, 5.41) is 0. The van der Waals surface area contributed by atoms with Gasteiger partial charge in [-0.25, -0.2) is 0 Å². The van der Waals surface area contributed by atoms with Gasteiger partial charge in [0.15, 0.2) is 0 Å². The van der Waals surface area contributed by atoms with E-state index in [0.717, 1.165) is 10.7 Å². The molecule has 1 saturated carbocycles. The van der Waals surface area contributed by atoms with Gasteiger partial charge >= 0.3 is 0 Å². The van der Waals surface area contributed by atoms with Gasteiger partial charge in [-0.2, -0.15) is 0 Å². The molecule has 1 fully saturated rings. The predicted octanol–water partition coefficient (Wildman–Crippen LogP) is 4.75. The fourth-order valence-electron chi connectivity index (χ4n) is 2.16. The lowest BCUT2D eigenvalue weighted by molar-refractivity contribution is 0.696. The number of halogens is 1. The highest BCUT2D eigenvalue weighted by molar-refractivity contribution is 9.09. The Morgan fingerprint density at radius 1 is 1.12 bits per heavy atom. The van der Waals surface area contributed by atoms with E-state index < -0.39 is 0 Å². The molecule has 1 aromatic carbocycles. The van der Waals surface area contributed by atoms with Crippen LogP contribution < -0.4 is 0 Å². The van der Waals surface area contributed by atoms with Gasteiger partial charge in [0, 0.05) is 4.83 Å². The molecule has 2 rings (SSSR count). The first-order chi connectivity index (χ1) is 7.79. The number of rotatable bonds is 6. The second kappa shape index (κ2) is 5.86. The quantitative estimate of drug-likeness (QED) is 0.660. The maximum atomic E-state index is 3.80. The molecule has 0 aliphatic heterocycles. The van der Waals surface area contributed by atoms with Crippen LogP contribution in [0.3, 0.4) is 0 Å². The first-order valence-electron chi connectivity index (χ1n) is 6.51. The molecule has 1 unspecified atom stereocenters. The van der Waals surface area contributed by atoms with Gasteiger partial charge in [-0.1, -0.05) is 53.5 Å². The average molecular weight is 281 g/mol.